The Morgan fingerprint density at radius 2 is 1.70 bits per heavy atom. The van der Waals surface area contributed by atoms with Crippen LogP contribution in [0.1, 0.15) is 15.9 Å². The van der Waals surface area contributed by atoms with Crippen molar-refractivity contribution in [2.24, 2.45) is 5.73 Å². The molecule has 2 aromatic carbocycles. The quantitative estimate of drug-likeness (QED) is 0.759. The molecule has 3 amide bonds. The van der Waals surface area contributed by atoms with Crippen LogP contribution in [0, 0.1) is 0 Å². The Bertz CT molecular complexity index is 657. The molecule has 0 bridgehead atoms. The number of nitrogens with one attached hydrogen (secondary N) is 1. The summed E-state index contributed by atoms with van der Waals surface area (Å²) in [5.74, 6) is -0.187. The van der Waals surface area contributed by atoms with Crippen molar-refractivity contribution in [3.05, 3.63) is 65.7 Å². The second kappa shape index (κ2) is 7.95. The number of benzene rings is 2. The number of rotatable bonds is 6. The zero-order chi connectivity index (χ0) is 16.7. The Labute approximate surface area is 134 Å². The molecule has 0 radical (unpaired) electrons. The van der Waals surface area contributed by atoms with Gasteiger partial charge in [-0.15, -0.1) is 0 Å². The van der Waals surface area contributed by atoms with Gasteiger partial charge in [-0.3, -0.25) is 4.79 Å². The van der Waals surface area contributed by atoms with Gasteiger partial charge in [0, 0.05) is 24.3 Å². The molecule has 4 N–H and O–H groups in total. The SMILES string of the molecule is NC(=O)Nc1ccc(C(=O)N(CCO)Cc2ccccc2)cc1. The summed E-state index contributed by atoms with van der Waals surface area (Å²) in [7, 11) is 0. The van der Waals surface area contributed by atoms with Crippen LogP contribution >= 0.6 is 0 Å². The van der Waals surface area contributed by atoms with E-state index >= 15 is 0 Å². The molecular formula is C17H19N3O3. The zero-order valence-electron chi connectivity index (χ0n) is 12.6. The van der Waals surface area contributed by atoms with Gasteiger partial charge in [0.2, 0.25) is 0 Å². The first-order valence-electron chi connectivity index (χ1n) is 7.20. The predicted molar refractivity (Wildman–Crippen MR) is 87.9 cm³/mol. The van der Waals surface area contributed by atoms with Gasteiger partial charge < -0.3 is 21.1 Å². The maximum atomic E-state index is 12.6. The lowest BCUT2D eigenvalue weighted by Crippen LogP contribution is -2.33. The first-order valence-corrected chi connectivity index (χ1v) is 7.20. The molecule has 0 aliphatic carbocycles. The highest BCUT2D eigenvalue weighted by Crippen LogP contribution is 2.13. The second-order valence-electron chi connectivity index (χ2n) is 5.00. The smallest absolute Gasteiger partial charge is 0.316 e. The number of anilines is 1. The molecule has 0 atom stereocenters. The summed E-state index contributed by atoms with van der Waals surface area (Å²) < 4.78 is 0. The molecule has 0 fully saturated rings. The molecule has 0 aliphatic heterocycles. The van der Waals surface area contributed by atoms with E-state index in [-0.39, 0.29) is 19.1 Å². The fraction of sp³-hybridized carbons (Fsp3) is 0.176. The van der Waals surface area contributed by atoms with Crippen molar-refractivity contribution >= 4 is 17.6 Å². The number of hydrogen-bond donors (Lipinski definition) is 3. The summed E-state index contributed by atoms with van der Waals surface area (Å²) in [5, 5.41) is 11.6. The lowest BCUT2D eigenvalue weighted by atomic mass is 10.1. The first kappa shape index (κ1) is 16.5. The van der Waals surface area contributed by atoms with Crippen LogP contribution in [0.4, 0.5) is 10.5 Å². The van der Waals surface area contributed by atoms with E-state index in [0.29, 0.717) is 17.8 Å². The van der Waals surface area contributed by atoms with Crippen molar-refractivity contribution < 1.29 is 14.7 Å². The predicted octanol–water partition coefficient (Wildman–Crippen LogP) is 1.81. The highest BCUT2D eigenvalue weighted by atomic mass is 16.3. The maximum Gasteiger partial charge on any atom is 0.316 e. The van der Waals surface area contributed by atoms with E-state index in [1.54, 1.807) is 29.2 Å². The van der Waals surface area contributed by atoms with Crippen molar-refractivity contribution in [1.29, 1.82) is 0 Å². The molecule has 2 aromatic rings. The van der Waals surface area contributed by atoms with E-state index in [1.165, 1.54) is 0 Å². The van der Waals surface area contributed by atoms with Crippen LogP contribution < -0.4 is 11.1 Å². The number of hydrogen-bond acceptors (Lipinski definition) is 3. The van der Waals surface area contributed by atoms with E-state index in [4.69, 9.17) is 5.73 Å². The third-order valence-corrected chi connectivity index (χ3v) is 3.27. The minimum atomic E-state index is -0.657. The van der Waals surface area contributed by atoms with E-state index in [1.807, 2.05) is 30.3 Å². The van der Waals surface area contributed by atoms with Crippen LogP contribution in [-0.2, 0) is 6.54 Å². The van der Waals surface area contributed by atoms with Crippen molar-refractivity contribution in [2.45, 2.75) is 6.54 Å². The number of carbonyl (C=O) groups excluding carboxylic acids is 2. The summed E-state index contributed by atoms with van der Waals surface area (Å²) in [5.41, 5.74) is 7.03. The van der Waals surface area contributed by atoms with E-state index < -0.39 is 6.03 Å². The van der Waals surface area contributed by atoms with E-state index in [9.17, 15) is 14.7 Å². The van der Waals surface area contributed by atoms with Gasteiger partial charge in [0.1, 0.15) is 0 Å². The number of aliphatic hydroxyl groups is 1. The van der Waals surface area contributed by atoms with Gasteiger partial charge in [-0.25, -0.2) is 4.79 Å². The molecule has 0 saturated heterocycles. The number of carbonyl (C=O) groups is 2. The molecule has 120 valence electrons. The molecule has 0 heterocycles. The largest absolute Gasteiger partial charge is 0.395 e. The van der Waals surface area contributed by atoms with E-state index in [0.717, 1.165) is 5.56 Å². The molecule has 0 spiro atoms. The molecule has 6 heteroatoms. The molecule has 0 saturated carbocycles. The van der Waals surface area contributed by atoms with Crippen molar-refractivity contribution in [2.75, 3.05) is 18.5 Å². The fourth-order valence-corrected chi connectivity index (χ4v) is 2.20. The molecular weight excluding hydrogens is 294 g/mol. The number of primary amides is 1. The minimum Gasteiger partial charge on any atom is -0.395 e. The number of nitrogens with two attached hydrogens (primary N) is 1. The Kier molecular flexibility index (Phi) is 5.71. The van der Waals surface area contributed by atoms with Gasteiger partial charge in [-0.1, -0.05) is 30.3 Å². The average Bonchev–Trinajstić information content (AvgIpc) is 2.55. The molecule has 2 rings (SSSR count). The Balaban J connectivity index is 2.12. The standard InChI is InChI=1S/C17H19N3O3/c18-17(23)19-15-8-6-14(7-9-15)16(22)20(10-11-21)12-13-4-2-1-3-5-13/h1-9,21H,10-12H2,(H3,18,19,23). The summed E-state index contributed by atoms with van der Waals surface area (Å²) >= 11 is 0. The topological polar surface area (TPSA) is 95.7 Å². The third-order valence-electron chi connectivity index (χ3n) is 3.27. The minimum absolute atomic E-state index is 0.111. The van der Waals surface area contributed by atoms with Crippen LogP contribution in [0.15, 0.2) is 54.6 Å². The van der Waals surface area contributed by atoms with Gasteiger partial charge in [0.15, 0.2) is 0 Å². The average molecular weight is 313 g/mol. The Hall–Kier alpha value is -2.86. The number of aliphatic hydroxyl groups excluding tert-OH is 1. The highest BCUT2D eigenvalue weighted by Gasteiger charge is 2.15. The normalized spacial score (nSPS) is 10.1. The summed E-state index contributed by atoms with van der Waals surface area (Å²) in [6, 6.07) is 15.4. The summed E-state index contributed by atoms with van der Waals surface area (Å²) in [4.78, 5) is 24.9. The lowest BCUT2D eigenvalue weighted by Gasteiger charge is -2.22. The van der Waals surface area contributed by atoms with Crippen LogP contribution in [0.25, 0.3) is 0 Å². The molecule has 6 nitrogen and oxygen atoms in total. The molecule has 0 aliphatic rings. The lowest BCUT2D eigenvalue weighted by molar-refractivity contribution is 0.0708. The van der Waals surface area contributed by atoms with Gasteiger partial charge >= 0.3 is 6.03 Å². The van der Waals surface area contributed by atoms with Gasteiger partial charge in [0.25, 0.3) is 5.91 Å². The van der Waals surface area contributed by atoms with Crippen LogP contribution in [0.5, 0.6) is 0 Å². The van der Waals surface area contributed by atoms with Crippen LogP contribution in [0.2, 0.25) is 0 Å². The number of amides is 3. The monoisotopic (exact) mass is 313 g/mol. The van der Waals surface area contributed by atoms with Crippen molar-refractivity contribution in [3.8, 4) is 0 Å². The number of urea groups is 1. The maximum absolute atomic E-state index is 12.6. The Morgan fingerprint density at radius 1 is 1.04 bits per heavy atom. The van der Waals surface area contributed by atoms with Gasteiger partial charge in [-0.2, -0.15) is 0 Å². The zero-order valence-corrected chi connectivity index (χ0v) is 12.6. The highest BCUT2D eigenvalue weighted by molar-refractivity contribution is 5.95. The number of nitrogens with zero attached hydrogens (tertiary/aromatic N) is 1. The van der Waals surface area contributed by atoms with Crippen LogP contribution in [0.3, 0.4) is 0 Å². The molecule has 0 unspecified atom stereocenters. The van der Waals surface area contributed by atoms with Gasteiger partial charge in [0.05, 0.1) is 6.61 Å². The Morgan fingerprint density at radius 3 is 2.26 bits per heavy atom. The fourth-order valence-electron chi connectivity index (χ4n) is 2.20. The second-order valence-corrected chi connectivity index (χ2v) is 5.00. The third kappa shape index (κ3) is 4.82. The van der Waals surface area contributed by atoms with Crippen molar-refractivity contribution in [1.82, 2.24) is 4.90 Å². The van der Waals surface area contributed by atoms with Gasteiger partial charge in [-0.05, 0) is 29.8 Å². The first-order chi connectivity index (χ1) is 11.1. The molecule has 23 heavy (non-hydrogen) atoms. The van der Waals surface area contributed by atoms with Crippen LogP contribution in [-0.4, -0.2) is 35.1 Å². The van der Waals surface area contributed by atoms with E-state index in [2.05, 4.69) is 5.32 Å². The summed E-state index contributed by atoms with van der Waals surface area (Å²) in [6.07, 6.45) is 0. The molecule has 0 aromatic heterocycles. The summed E-state index contributed by atoms with van der Waals surface area (Å²) in [6.45, 7) is 0.552. The van der Waals surface area contributed by atoms with Crippen molar-refractivity contribution in [3.63, 3.8) is 0 Å².